The van der Waals surface area contributed by atoms with E-state index in [9.17, 15) is 5.26 Å². The van der Waals surface area contributed by atoms with E-state index in [1.807, 2.05) is 18.2 Å². The zero-order valence-electron chi connectivity index (χ0n) is 13.1. The van der Waals surface area contributed by atoms with Crippen LogP contribution in [-0.4, -0.2) is 15.0 Å². The molecule has 3 rings (SSSR count). The molecule has 23 heavy (non-hydrogen) atoms. The Hall–Kier alpha value is -3.13. The molecule has 0 aliphatic carbocycles. The number of nitriles is 1. The molecule has 0 saturated carbocycles. The summed E-state index contributed by atoms with van der Waals surface area (Å²) >= 11 is 0. The van der Waals surface area contributed by atoms with Crippen molar-refractivity contribution in [2.45, 2.75) is 19.8 Å². The van der Waals surface area contributed by atoms with Crippen LogP contribution in [0.25, 0.3) is 16.9 Å². The zero-order valence-corrected chi connectivity index (χ0v) is 13.1. The van der Waals surface area contributed by atoms with Gasteiger partial charge >= 0.3 is 0 Å². The number of hydrogen-bond donors (Lipinski definition) is 1. The number of benzene rings is 2. The second-order valence-corrected chi connectivity index (χ2v) is 5.64. The van der Waals surface area contributed by atoms with Gasteiger partial charge in [-0.15, -0.1) is 5.10 Å². The summed E-state index contributed by atoms with van der Waals surface area (Å²) in [6, 6.07) is 17.5. The van der Waals surface area contributed by atoms with E-state index in [2.05, 4.69) is 42.4 Å². The third-order valence-electron chi connectivity index (χ3n) is 3.81. The standard InChI is InChI=1S/C18H17N5/c1-12(2)13-7-9-14(10-8-13)17-18(20)23(22-21-17)16-6-4-3-5-15(16)11-19/h3-10,12H,20H2,1-2H3. The van der Waals surface area contributed by atoms with Gasteiger partial charge in [-0.05, 0) is 23.6 Å². The van der Waals surface area contributed by atoms with E-state index in [1.54, 1.807) is 18.2 Å². The lowest BCUT2D eigenvalue weighted by Gasteiger charge is -2.07. The van der Waals surface area contributed by atoms with Crippen LogP contribution >= 0.6 is 0 Å². The summed E-state index contributed by atoms with van der Waals surface area (Å²) in [7, 11) is 0. The van der Waals surface area contributed by atoms with Crippen molar-refractivity contribution in [3.63, 3.8) is 0 Å². The minimum atomic E-state index is 0.421. The highest BCUT2D eigenvalue weighted by molar-refractivity contribution is 5.71. The maximum atomic E-state index is 9.22. The summed E-state index contributed by atoms with van der Waals surface area (Å²) in [5, 5.41) is 17.5. The van der Waals surface area contributed by atoms with Crippen LogP contribution in [-0.2, 0) is 0 Å². The molecule has 0 aliphatic rings. The molecule has 0 amide bonds. The molecule has 0 aliphatic heterocycles. The second kappa shape index (κ2) is 5.93. The van der Waals surface area contributed by atoms with Gasteiger partial charge in [0.1, 0.15) is 11.8 Å². The highest BCUT2D eigenvalue weighted by atomic mass is 15.5. The Morgan fingerprint density at radius 2 is 1.78 bits per heavy atom. The normalized spacial score (nSPS) is 10.7. The van der Waals surface area contributed by atoms with Gasteiger partial charge in [0.25, 0.3) is 0 Å². The Morgan fingerprint density at radius 3 is 2.43 bits per heavy atom. The molecule has 5 nitrogen and oxygen atoms in total. The van der Waals surface area contributed by atoms with Crippen LogP contribution in [0.4, 0.5) is 5.82 Å². The van der Waals surface area contributed by atoms with Crippen LogP contribution < -0.4 is 5.73 Å². The fourth-order valence-electron chi connectivity index (χ4n) is 2.45. The highest BCUT2D eigenvalue weighted by Crippen LogP contribution is 2.27. The molecule has 0 bridgehead atoms. The fraction of sp³-hybridized carbons (Fsp3) is 0.167. The number of nitrogen functional groups attached to an aromatic ring is 1. The van der Waals surface area contributed by atoms with Crippen LogP contribution in [0.15, 0.2) is 48.5 Å². The molecular formula is C18H17N5. The van der Waals surface area contributed by atoms with Gasteiger partial charge in [-0.25, -0.2) is 0 Å². The summed E-state index contributed by atoms with van der Waals surface area (Å²) in [4.78, 5) is 0. The van der Waals surface area contributed by atoms with Crippen LogP contribution in [0.2, 0.25) is 0 Å². The van der Waals surface area contributed by atoms with Gasteiger partial charge < -0.3 is 5.73 Å². The van der Waals surface area contributed by atoms with E-state index in [0.29, 0.717) is 28.7 Å². The van der Waals surface area contributed by atoms with Gasteiger partial charge in [-0.3, -0.25) is 0 Å². The van der Waals surface area contributed by atoms with Crippen LogP contribution in [0.5, 0.6) is 0 Å². The number of anilines is 1. The molecule has 1 heterocycles. The first kappa shape index (κ1) is 14.8. The maximum Gasteiger partial charge on any atom is 0.155 e. The number of para-hydroxylation sites is 1. The molecule has 1 aromatic heterocycles. The summed E-state index contributed by atoms with van der Waals surface area (Å²) in [6.07, 6.45) is 0. The monoisotopic (exact) mass is 303 g/mol. The topological polar surface area (TPSA) is 80.5 Å². The lowest BCUT2D eigenvalue weighted by molar-refractivity contribution is 0.808. The van der Waals surface area contributed by atoms with Gasteiger partial charge in [-0.2, -0.15) is 9.94 Å². The molecule has 3 aromatic rings. The first-order chi connectivity index (χ1) is 11.1. The fourth-order valence-corrected chi connectivity index (χ4v) is 2.45. The Labute approximate surface area is 135 Å². The lowest BCUT2D eigenvalue weighted by Crippen LogP contribution is -2.04. The molecule has 2 aromatic carbocycles. The van der Waals surface area contributed by atoms with Crippen molar-refractivity contribution < 1.29 is 0 Å². The number of rotatable bonds is 3. The van der Waals surface area contributed by atoms with Gasteiger partial charge in [0.05, 0.1) is 11.3 Å². The van der Waals surface area contributed by atoms with E-state index in [4.69, 9.17) is 5.73 Å². The van der Waals surface area contributed by atoms with E-state index in [1.165, 1.54) is 10.2 Å². The van der Waals surface area contributed by atoms with E-state index >= 15 is 0 Å². The predicted molar refractivity (Wildman–Crippen MR) is 90.0 cm³/mol. The number of nitrogens with zero attached hydrogens (tertiary/aromatic N) is 4. The molecule has 114 valence electrons. The quantitative estimate of drug-likeness (QED) is 0.802. The van der Waals surface area contributed by atoms with Gasteiger partial charge in [0.15, 0.2) is 5.82 Å². The Bertz CT molecular complexity index is 869. The average Bonchev–Trinajstić information content (AvgIpc) is 2.96. The molecule has 0 spiro atoms. The van der Waals surface area contributed by atoms with Gasteiger partial charge in [-0.1, -0.05) is 55.5 Å². The lowest BCUT2D eigenvalue weighted by atomic mass is 10.0. The predicted octanol–water partition coefficient (Wildman–Crippen LogP) is 3.51. The zero-order chi connectivity index (χ0) is 16.4. The van der Waals surface area contributed by atoms with Crippen molar-refractivity contribution in [3.8, 4) is 23.0 Å². The van der Waals surface area contributed by atoms with Crippen molar-refractivity contribution in [1.29, 1.82) is 5.26 Å². The summed E-state index contributed by atoms with van der Waals surface area (Å²) in [5.74, 6) is 0.893. The molecular weight excluding hydrogens is 286 g/mol. The third kappa shape index (κ3) is 2.67. The van der Waals surface area contributed by atoms with Gasteiger partial charge in [0, 0.05) is 5.56 Å². The smallest absolute Gasteiger partial charge is 0.155 e. The molecule has 2 N–H and O–H groups in total. The molecule has 0 saturated heterocycles. The number of hydrogen-bond acceptors (Lipinski definition) is 4. The Kier molecular flexibility index (Phi) is 3.82. The molecule has 0 fully saturated rings. The van der Waals surface area contributed by atoms with Crippen LogP contribution in [0.3, 0.4) is 0 Å². The highest BCUT2D eigenvalue weighted by Gasteiger charge is 2.15. The molecule has 0 atom stereocenters. The largest absolute Gasteiger partial charge is 0.382 e. The van der Waals surface area contributed by atoms with E-state index in [0.717, 1.165) is 5.56 Å². The van der Waals surface area contributed by atoms with Crippen molar-refractivity contribution in [1.82, 2.24) is 15.0 Å². The van der Waals surface area contributed by atoms with Crippen molar-refractivity contribution in [2.75, 3.05) is 5.73 Å². The number of nitrogens with two attached hydrogens (primary N) is 1. The Balaban J connectivity index is 2.04. The SMILES string of the molecule is CC(C)c1ccc(-c2nnn(-c3ccccc3C#N)c2N)cc1. The van der Waals surface area contributed by atoms with Gasteiger partial charge in [0.2, 0.25) is 0 Å². The van der Waals surface area contributed by atoms with Crippen molar-refractivity contribution in [3.05, 3.63) is 59.7 Å². The first-order valence-corrected chi connectivity index (χ1v) is 7.43. The van der Waals surface area contributed by atoms with Crippen molar-refractivity contribution >= 4 is 5.82 Å². The molecule has 0 unspecified atom stereocenters. The average molecular weight is 303 g/mol. The first-order valence-electron chi connectivity index (χ1n) is 7.43. The molecule has 5 heteroatoms. The summed E-state index contributed by atoms with van der Waals surface area (Å²) < 4.78 is 1.50. The number of aromatic nitrogens is 3. The summed E-state index contributed by atoms with van der Waals surface area (Å²) in [6.45, 7) is 4.30. The maximum absolute atomic E-state index is 9.22. The Morgan fingerprint density at radius 1 is 1.09 bits per heavy atom. The minimum absolute atomic E-state index is 0.421. The molecule has 0 radical (unpaired) electrons. The second-order valence-electron chi connectivity index (χ2n) is 5.64. The summed E-state index contributed by atoms with van der Waals surface area (Å²) in [5.41, 5.74) is 10.1. The third-order valence-corrected chi connectivity index (χ3v) is 3.81. The van der Waals surface area contributed by atoms with Crippen molar-refractivity contribution in [2.24, 2.45) is 0 Å². The van der Waals surface area contributed by atoms with Crippen LogP contribution in [0, 0.1) is 11.3 Å². The van der Waals surface area contributed by atoms with E-state index in [-0.39, 0.29) is 0 Å². The van der Waals surface area contributed by atoms with Crippen LogP contribution in [0.1, 0.15) is 30.9 Å². The minimum Gasteiger partial charge on any atom is -0.382 e. The van der Waals surface area contributed by atoms with E-state index < -0.39 is 0 Å².